The fraction of sp³-hybridized carbons (Fsp3) is 0.600. The molecule has 0 aliphatic carbocycles. The summed E-state index contributed by atoms with van der Waals surface area (Å²) < 4.78 is 11.2. The average molecular weight is 251 g/mol. The highest BCUT2D eigenvalue weighted by atomic mass is 16.5. The number of allylic oxidation sites excluding steroid dienone is 1. The van der Waals surface area contributed by atoms with Crippen molar-refractivity contribution in [2.75, 3.05) is 13.2 Å². The van der Waals surface area contributed by atoms with E-state index in [0.29, 0.717) is 19.1 Å². The van der Waals surface area contributed by atoms with Crippen molar-refractivity contribution in [3.05, 3.63) is 35.3 Å². The van der Waals surface area contributed by atoms with Crippen LogP contribution in [-0.4, -0.2) is 13.2 Å². The van der Waals surface area contributed by atoms with Crippen molar-refractivity contribution in [3.63, 3.8) is 0 Å². The normalized spacial score (nSPS) is 11.8. The molecule has 0 fully saturated rings. The quantitative estimate of drug-likeness (QED) is 0.568. The van der Waals surface area contributed by atoms with E-state index in [-0.39, 0.29) is 0 Å². The molecule has 1 aromatic heterocycles. The van der Waals surface area contributed by atoms with Crippen LogP contribution in [0.2, 0.25) is 0 Å². The molecule has 0 bridgehead atoms. The molecule has 0 aromatic carbocycles. The van der Waals surface area contributed by atoms with Gasteiger partial charge in [0, 0.05) is 0 Å². The van der Waals surface area contributed by atoms with Gasteiger partial charge in [0.25, 0.3) is 0 Å². The van der Waals surface area contributed by atoms with E-state index < -0.39 is 0 Å². The van der Waals surface area contributed by atoms with Crippen LogP contribution in [-0.2, 0) is 17.9 Å². The third-order valence-corrected chi connectivity index (χ3v) is 2.60. The van der Waals surface area contributed by atoms with Gasteiger partial charge in [-0.2, -0.15) is 0 Å². The highest BCUT2D eigenvalue weighted by molar-refractivity contribution is 5.19. The van der Waals surface area contributed by atoms with E-state index >= 15 is 0 Å². The Kier molecular flexibility index (Phi) is 6.76. The molecule has 1 aromatic rings. The van der Waals surface area contributed by atoms with Gasteiger partial charge in [0.1, 0.15) is 18.1 Å². The van der Waals surface area contributed by atoms with Crippen LogP contribution in [0.15, 0.2) is 22.6 Å². The second-order valence-corrected chi connectivity index (χ2v) is 4.93. The van der Waals surface area contributed by atoms with Crippen molar-refractivity contribution in [2.24, 2.45) is 5.92 Å². The van der Waals surface area contributed by atoms with Crippen molar-refractivity contribution < 1.29 is 9.15 Å². The van der Waals surface area contributed by atoms with Crippen LogP contribution in [0.3, 0.4) is 0 Å². The van der Waals surface area contributed by atoms with Crippen LogP contribution < -0.4 is 5.32 Å². The van der Waals surface area contributed by atoms with E-state index in [0.717, 1.165) is 24.6 Å². The van der Waals surface area contributed by atoms with Gasteiger partial charge in [-0.05, 0) is 37.9 Å². The largest absolute Gasteiger partial charge is 0.462 e. The lowest BCUT2D eigenvalue weighted by Gasteiger charge is -2.05. The Hall–Kier alpha value is -1.06. The first-order valence-electron chi connectivity index (χ1n) is 6.61. The molecule has 3 heteroatoms. The van der Waals surface area contributed by atoms with Crippen LogP contribution in [0.4, 0.5) is 0 Å². The molecular weight excluding hydrogens is 226 g/mol. The summed E-state index contributed by atoms with van der Waals surface area (Å²) in [6.45, 7) is 11.4. The van der Waals surface area contributed by atoms with E-state index in [1.54, 1.807) is 0 Å². The number of ether oxygens (including phenoxy) is 1. The maximum atomic E-state index is 5.76. The zero-order valence-electron chi connectivity index (χ0n) is 12.0. The zero-order valence-corrected chi connectivity index (χ0v) is 12.0. The molecule has 1 rings (SSSR count). The number of nitrogens with one attached hydrogen (secondary N) is 1. The van der Waals surface area contributed by atoms with Gasteiger partial charge in [0.2, 0.25) is 0 Å². The SMILES string of the molecule is CC=CCOCc1cc(C)c(CNCC(C)C)o1. The molecule has 0 amide bonds. The van der Waals surface area contributed by atoms with Gasteiger partial charge in [-0.1, -0.05) is 26.0 Å². The zero-order chi connectivity index (χ0) is 13.4. The lowest BCUT2D eigenvalue weighted by Crippen LogP contribution is -2.18. The first kappa shape index (κ1) is 15.0. The van der Waals surface area contributed by atoms with Gasteiger partial charge in [-0.15, -0.1) is 0 Å². The average Bonchev–Trinajstić information content (AvgIpc) is 2.65. The second-order valence-electron chi connectivity index (χ2n) is 4.93. The predicted molar refractivity (Wildman–Crippen MR) is 74.5 cm³/mol. The molecule has 0 aliphatic rings. The van der Waals surface area contributed by atoms with E-state index in [1.807, 2.05) is 19.1 Å². The minimum absolute atomic E-state index is 0.537. The molecule has 102 valence electrons. The summed E-state index contributed by atoms with van der Waals surface area (Å²) >= 11 is 0. The molecule has 1 N–H and O–H groups in total. The Morgan fingerprint density at radius 2 is 2.22 bits per heavy atom. The highest BCUT2D eigenvalue weighted by Gasteiger charge is 2.07. The molecule has 0 radical (unpaired) electrons. The van der Waals surface area contributed by atoms with E-state index in [1.165, 1.54) is 5.56 Å². The number of furan rings is 1. The topological polar surface area (TPSA) is 34.4 Å². The summed E-state index contributed by atoms with van der Waals surface area (Å²) in [5.41, 5.74) is 1.19. The van der Waals surface area contributed by atoms with Gasteiger partial charge < -0.3 is 14.5 Å². The summed E-state index contributed by atoms with van der Waals surface area (Å²) in [5, 5.41) is 3.39. The molecule has 18 heavy (non-hydrogen) atoms. The van der Waals surface area contributed by atoms with Crippen molar-refractivity contribution in [1.29, 1.82) is 0 Å². The van der Waals surface area contributed by atoms with E-state index in [2.05, 4.69) is 32.2 Å². The van der Waals surface area contributed by atoms with Crippen LogP contribution in [0.25, 0.3) is 0 Å². The minimum atomic E-state index is 0.537. The van der Waals surface area contributed by atoms with Crippen molar-refractivity contribution >= 4 is 0 Å². The monoisotopic (exact) mass is 251 g/mol. The first-order valence-corrected chi connectivity index (χ1v) is 6.61. The molecule has 0 aliphatic heterocycles. The van der Waals surface area contributed by atoms with Crippen molar-refractivity contribution in [3.8, 4) is 0 Å². The Morgan fingerprint density at radius 3 is 2.89 bits per heavy atom. The van der Waals surface area contributed by atoms with Gasteiger partial charge in [0.15, 0.2) is 0 Å². The number of rotatable bonds is 8. The summed E-state index contributed by atoms with van der Waals surface area (Å²) in [6, 6.07) is 2.06. The maximum Gasteiger partial charge on any atom is 0.130 e. The van der Waals surface area contributed by atoms with Gasteiger partial charge in [0.05, 0.1) is 13.2 Å². The smallest absolute Gasteiger partial charge is 0.130 e. The Bertz CT molecular complexity index is 367. The lowest BCUT2D eigenvalue weighted by molar-refractivity contribution is 0.130. The highest BCUT2D eigenvalue weighted by Crippen LogP contribution is 2.15. The molecule has 1 heterocycles. The molecule has 0 spiro atoms. The van der Waals surface area contributed by atoms with Crippen LogP contribution in [0.5, 0.6) is 0 Å². The fourth-order valence-electron chi connectivity index (χ4n) is 1.63. The lowest BCUT2D eigenvalue weighted by atomic mass is 10.2. The number of hydrogen-bond acceptors (Lipinski definition) is 3. The van der Waals surface area contributed by atoms with E-state index in [4.69, 9.17) is 9.15 Å². The fourth-order valence-corrected chi connectivity index (χ4v) is 1.63. The molecule has 0 atom stereocenters. The third-order valence-electron chi connectivity index (χ3n) is 2.60. The van der Waals surface area contributed by atoms with Crippen LogP contribution in [0.1, 0.15) is 37.9 Å². The minimum Gasteiger partial charge on any atom is -0.462 e. The van der Waals surface area contributed by atoms with Gasteiger partial charge in [-0.25, -0.2) is 0 Å². The molecule has 3 nitrogen and oxygen atoms in total. The third kappa shape index (κ3) is 5.52. The summed E-state index contributed by atoms with van der Waals surface area (Å²) in [5.74, 6) is 2.57. The van der Waals surface area contributed by atoms with Crippen molar-refractivity contribution in [1.82, 2.24) is 5.32 Å². The Labute approximate surface area is 110 Å². The molecule has 0 saturated heterocycles. The first-order chi connectivity index (χ1) is 8.63. The van der Waals surface area contributed by atoms with Gasteiger partial charge in [-0.3, -0.25) is 0 Å². The summed E-state index contributed by atoms with van der Waals surface area (Å²) in [4.78, 5) is 0. The van der Waals surface area contributed by atoms with Crippen molar-refractivity contribution in [2.45, 2.75) is 40.8 Å². The molecule has 0 unspecified atom stereocenters. The maximum absolute atomic E-state index is 5.76. The standard InChI is InChI=1S/C15H25NO2/c1-5-6-7-17-11-14-8-13(4)15(18-14)10-16-9-12(2)3/h5-6,8,12,16H,7,9-11H2,1-4H3. The molecule has 0 saturated carbocycles. The van der Waals surface area contributed by atoms with E-state index in [9.17, 15) is 0 Å². The summed E-state index contributed by atoms with van der Waals surface area (Å²) in [6.07, 6.45) is 3.97. The predicted octanol–water partition coefficient (Wildman–Crippen LogP) is 3.43. The number of aryl methyl sites for hydroxylation is 1. The van der Waals surface area contributed by atoms with Crippen LogP contribution in [0, 0.1) is 12.8 Å². The molecular formula is C15H25NO2. The Balaban J connectivity index is 2.38. The second kappa shape index (κ2) is 8.11. The summed E-state index contributed by atoms with van der Waals surface area (Å²) in [7, 11) is 0. The Morgan fingerprint density at radius 1 is 1.44 bits per heavy atom. The number of hydrogen-bond donors (Lipinski definition) is 1. The van der Waals surface area contributed by atoms with Crippen LogP contribution >= 0.6 is 0 Å². The van der Waals surface area contributed by atoms with Gasteiger partial charge >= 0.3 is 0 Å².